The molecule has 142 valence electrons. The van der Waals surface area contributed by atoms with Crippen LogP contribution in [0.5, 0.6) is 0 Å². The van der Waals surface area contributed by atoms with Gasteiger partial charge in [0.05, 0.1) is 0 Å². The summed E-state index contributed by atoms with van der Waals surface area (Å²) in [4.78, 5) is 28.4. The lowest BCUT2D eigenvalue weighted by Gasteiger charge is -2.26. The Hall–Kier alpha value is -2.54. The van der Waals surface area contributed by atoms with Crippen molar-refractivity contribution in [2.45, 2.75) is 32.1 Å². The van der Waals surface area contributed by atoms with Gasteiger partial charge >= 0.3 is 0 Å². The van der Waals surface area contributed by atoms with Gasteiger partial charge in [0.25, 0.3) is 0 Å². The van der Waals surface area contributed by atoms with Crippen molar-refractivity contribution in [3.05, 3.63) is 42.0 Å². The van der Waals surface area contributed by atoms with Crippen molar-refractivity contribution in [1.29, 1.82) is 0 Å². The van der Waals surface area contributed by atoms with Gasteiger partial charge in [-0.05, 0) is 38.3 Å². The number of anilines is 2. The van der Waals surface area contributed by atoms with Gasteiger partial charge in [0.2, 0.25) is 5.91 Å². The summed E-state index contributed by atoms with van der Waals surface area (Å²) < 4.78 is 5.38. The van der Waals surface area contributed by atoms with Crippen LogP contribution in [0.15, 0.2) is 30.5 Å². The smallest absolute Gasteiger partial charge is 0.225 e. The molecule has 0 aliphatic carbocycles. The fourth-order valence-corrected chi connectivity index (χ4v) is 3.78. The van der Waals surface area contributed by atoms with E-state index in [4.69, 9.17) is 9.72 Å². The lowest BCUT2D eigenvalue weighted by molar-refractivity contribution is -0.137. The fourth-order valence-electron chi connectivity index (χ4n) is 3.78. The maximum atomic E-state index is 12.8. The Morgan fingerprint density at radius 3 is 2.81 bits per heavy atom. The number of amides is 1. The number of nitrogens with zero attached hydrogens (tertiary/aromatic N) is 4. The Bertz CT molecular complexity index is 792. The van der Waals surface area contributed by atoms with E-state index in [1.807, 2.05) is 36.1 Å². The molecular formula is C20H25N5O2. The molecule has 2 fully saturated rings. The first-order chi connectivity index (χ1) is 13.2. The number of aromatic nitrogens is 3. The lowest BCUT2D eigenvalue weighted by atomic mass is 9.99. The second kappa shape index (κ2) is 8.00. The number of likely N-dealkylation sites (tertiary alicyclic amines) is 1. The molecule has 27 heavy (non-hydrogen) atoms. The zero-order valence-electron chi connectivity index (χ0n) is 15.6. The zero-order valence-corrected chi connectivity index (χ0v) is 15.6. The molecular weight excluding hydrogens is 342 g/mol. The van der Waals surface area contributed by atoms with Crippen molar-refractivity contribution in [2.24, 2.45) is 5.92 Å². The largest absolute Gasteiger partial charge is 0.381 e. The Labute approximate surface area is 159 Å². The zero-order chi connectivity index (χ0) is 18.6. The van der Waals surface area contributed by atoms with Gasteiger partial charge in [-0.3, -0.25) is 4.79 Å². The van der Waals surface area contributed by atoms with Crippen molar-refractivity contribution in [2.75, 3.05) is 31.6 Å². The summed E-state index contributed by atoms with van der Waals surface area (Å²) in [5, 5.41) is 3.24. The molecule has 2 aromatic heterocycles. The average molecular weight is 367 g/mol. The molecule has 2 aliphatic heterocycles. The van der Waals surface area contributed by atoms with Crippen molar-refractivity contribution >= 4 is 17.5 Å². The molecule has 2 aliphatic rings. The second-order valence-corrected chi connectivity index (χ2v) is 7.25. The van der Waals surface area contributed by atoms with E-state index in [0.29, 0.717) is 19.8 Å². The summed E-state index contributed by atoms with van der Waals surface area (Å²) in [6.07, 6.45) is 4.31. The third kappa shape index (κ3) is 4.24. The first kappa shape index (κ1) is 17.9. The number of pyridine rings is 1. The van der Waals surface area contributed by atoms with Crippen LogP contribution in [0.1, 0.15) is 36.7 Å². The summed E-state index contributed by atoms with van der Waals surface area (Å²) in [5.74, 6) is 2.85. The van der Waals surface area contributed by atoms with Gasteiger partial charge in [-0.2, -0.15) is 0 Å². The predicted octanol–water partition coefficient (Wildman–Crippen LogP) is 2.67. The molecule has 0 radical (unpaired) electrons. The molecule has 2 saturated heterocycles. The highest BCUT2D eigenvalue weighted by molar-refractivity contribution is 5.79. The van der Waals surface area contributed by atoms with E-state index in [-0.39, 0.29) is 17.7 Å². The minimum absolute atomic E-state index is 0.109. The molecule has 1 atom stereocenters. The standard InChI is InChI=1S/C20H25N5O2/c1-14-12-18(23-17-4-2-3-8-21-17)24-19(22-14)16-5-9-25(13-16)20(26)15-6-10-27-11-7-15/h2-4,8,12,15-16H,5-7,9-11,13H2,1H3,(H,21,22,23,24)/t16-/m1/s1. The average Bonchev–Trinajstić information content (AvgIpc) is 3.19. The third-order valence-corrected chi connectivity index (χ3v) is 5.23. The van der Waals surface area contributed by atoms with Crippen molar-refractivity contribution in [3.63, 3.8) is 0 Å². The van der Waals surface area contributed by atoms with Crippen LogP contribution in [0.4, 0.5) is 11.6 Å². The number of ether oxygens (including phenoxy) is 1. The summed E-state index contributed by atoms with van der Waals surface area (Å²) in [7, 11) is 0. The molecule has 0 bridgehead atoms. The predicted molar refractivity (Wildman–Crippen MR) is 102 cm³/mol. The molecule has 1 N–H and O–H groups in total. The molecule has 1 amide bonds. The number of nitrogens with one attached hydrogen (secondary N) is 1. The van der Waals surface area contributed by atoms with E-state index in [9.17, 15) is 4.79 Å². The minimum atomic E-state index is 0.109. The Morgan fingerprint density at radius 2 is 2.04 bits per heavy atom. The van der Waals surface area contributed by atoms with Crippen LogP contribution >= 0.6 is 0 Å². The van der Waals surface area contributed by atoms with Gasteiger partial charge in [0.15, 0.2) is 0 Å². The molecule has 4 heterocycles. The number of carbonyl (C=O) groups is 1. The minimum Gasteiger partial charge on any atom is -0.381 e. The van der Waals surface area contributed by atoms with E-state index in [2.05, 4.69) is 15.3 Å². The first-order valence-corrected chi connectivity index (χ1v) is 9.59. The SMILES string of the molecule is Cc1cc(Nc2ccccn2)nc([C@@H]2CCN(C(=O)C3CCOCC3)C2)n1. The van der Waals surface area contributed by atoms with Crippen molar-refractivity contribution in [3.8, 4) is 0 Å². The maximum Gasteiger partial charge on any atom is 0.225 e. The van der Waals surface area contributed by atoms with E-state index >= 15 is 0 Å². The number of hydrogen-bond acceptors (Lipinski definition) is 6. The van der Waals surface area contributed by atoms with Gasteiger partial charge in [-0.15, -0.1) is 0 Å². The topological polar surface area (TPSA) is 80.2 Å². The first-order valence-electron chi connectivity index (χ1n) is 9.59. The van der Waals surface area contributed by atoms with Gasteiger partial charge < -0.3 is 15.0 Å². The Balaban J connectivity index is 1.45. The number of carbonyl (C=O) groups excluding carboxylic acids is 1. The Kier molecular flexibility index (Phi) is 5.29. The molecule has 4 rings (SSSR count). The highest BCUT2D eigenvalue weighted by Gasteiger charge is 2.33. The number of rotatable bonds is 4. The van der Waals surface area contributed by atoms with Gasteiger partial charge in [0.1, 0.15) is 17.5 Å². The van der Waals surface area contributed by atoms with Gasteiger partial charge in [-0.1, -0.05) is 6.07 Å². The quantitative estimate of drug-likeness (QED) is 0.895. The van der Waals surface area contributed by atoms with Crippen LogP contribution in [0.3, 0.4) is 0 Å². The van der Waals surface area contributed by atoms with E-state index in [1.54, 1.807) is 6.20 Å². The molecule has 2 aromatic rings. The van der Waals surface area contributed by atoms with E-state index < -0.39 is 0 Å². The third-order valence-electron chi connectivity index (χ3n) is 5.23. The summed E-state index contributed by atoms with van der Waals surface area (Å²) in [6.45, 7) is 4.83. The van der Waals surface area contributed by atoms with Crippen molar-refractivity contribution in [1.82, 2.24) is 19.9 Å². The van der Waals surface area contributed by atoms with Crippen LogP contribution in [0, 0.1) is 12.8 Å². The summed E-state index contributed by atoms with van der Waals surface area (Å²) in [6, 6.07) is 7.63. The fraction of sp³-hybridized carbons (Fsp3) is 0.500. The highest BCUT2D eigenvalue weighted by Crippen LogP contribution is 2.29. The molecule has 0 aromatic carbocycles. The van der Waals surface area contributed by atoms with Gasteiger partial charge in [-0.25, -0.2) is 15.0 Å². The summed E-state index contributed by atoms with van der Waals surface area (Å²) >= 11 is 0. The second-order valence-electron chi connectivity index (χ2n) is 7.25. The highest BCUT2D eigenvalue weighted by atomic mass is 16.5. The number of aryl methyl sites for hydroxylation is 1. The van der Waals surface area contributed by atoms with Crippen LogP contribution in [0.2, 0.25) is 0 Å². The molecule has 0 unspecified atom stereocenters. The van der Waals surface area contributed by atoms with Crippen LogP contribution < -0.4 is 5.32 Å². The van der Waals surface area contributed by atoms with E-state index in [0.717, 1.165) is 49.0 Å². The summed E-state index contributed by atoms with van der Waals surface area (Å²) in [5.41, 5.74) is 0.910. The lowest BCUT2D eigenvalue weighted by Crippen LogP contribution is -2.37. The van der Waals surface area contributed by atoms with Crippen LogP contribution in [-0.4, -0.2) is 52.1 Å². The van der Waals surface area contributed by atoms with E-state index in [1.165, 1.54) is 0 Å². The molecule has 0 saturated carbocycles. The van der Waals surface area contributed by atoms with Crippen LogP contribution in [-0.2, 0) is 9.53 Å². The monoisotopic (exact) mass is 367 g/mol. The number of hydrogen-bond donors (Lipinski definition) is 1. The normalized spacial score (nSPS) is 20.6. The molecule has 7 heteroatoms. The molecule has 7 nitrogen and oxygen atoms in total. The van der Waals surface area contributed by atoms with Crippen molar-refractivity contribution < 1.29 is 9.53 Å². The Morgan fingerprint density at radius 1 is 1.19 bits per heavy atom. The van der Waals surface area contributed by atoms with Gasteiger partial charge in [0, 0.05) is 56.1 Å². The maximum absolute atomic E-state index is 12.8. The van der Waals surface area contributed by atoms with Crippen LogP contribution in [0.25, 0.3) is 0 Å². The molecule has 0 spiro atoms.